The van der Waals surface area contributed by atoms with E-state index in [0.29, 0.717) is 9.79 Å². The van der Waals surface area contributed by atoms with Crippen molar-refractivity contribution in [1.29, 1.82) is 0 Å². The minimum absolute atomic E-state index is 0.596. The number of carbonyl (C=O) groups is 1. The Morgan fingerprint density at radius 3 is 1.90 bits per heavy atom. The summed E-state index contributed by atoms with van der Waals surface area (Å²) in [7, 11) is 0. The number of fused-ring (bicyclic) bond motifs is 2. The van der Waals surface area contributed by atoms with E-state index in [2.05, 4.69) is 0 Å². The molecule has 0 bridgehead atoms. The van der Waals surface area contributed by atoms with E-state index in [1.165, 1.54) is 11.8 Å². The van der Waals surface area contributed by atoms with Crippen LogP contribution in [0, 0.1) is 0 Å². The Bertz CT molecular complexity index is 655. The normalized spacial score (nSPS) is 14.2. The van der Waals surface area contributed by atoms with Gasteiger partial charge in [-0.05, 0) is 24.3 Å². The van der Waals surface area contributed by atoms with Crippen LogP contribution in [-0.2, 0) is 20.2 Å². The van der Waals surface area contributed by atoms with Gasteiger partial charge in [0.15, 0.2) is 0 Å². The van der Waals surface area contributed by atoms with Crippen molar-refractivity contribution in [2.24, 2.45) is 0 Å². The largest absolute Gasteiger partial charge is 0.496 e. The van der Waals surface area contributed by atoms with Crippen LogP contribution in [0.3, 0.4) is 0 Å². The Hall–Kier alpha value is -1.60. The average Bonchev–Trinajstić information content (AvgIpc) is 2.46. The third-order valence-corrected chi connectivity index (χ3v) is 5.95. The number of hydrogen-bond donors (Lipinski definition) is 0. The molecule has 2 aromatic rings. The topological polar surface area (TPSA) is 26.3 Å². The summed E-state index contributed by atoms with van der Waals surface area (Å²) < 4.78 is 42.2. The molecule has 0 spiro atoms. The summed E-state index contributed by atoms with van der Waals surface area (Å²) in [6, 6.07) is 14.0. The molecule has 108 valence electrons. The zero-order valence-corrected chi connectivity index (χ0v) is 12.0. The van der Waals surface area contributed by atoms with Gasteiger partial charge in [-0.3, -0.25) is 0 Å². The maximum Gasteiger partial charge on any atom is 0.496 e. The van der Waals surface area contributed by atoms with Gasteiger partial charge in [-0.1, -0.05) is 36.0 Å². The van der Waals surface area contributed by atoms with Crippen LogP contribution in [0.4, 0.5) is 13.2 Å². The second-order valence-electron chi connectivity index (χ2n) is 4.13. The highest BCUT2D eigenvalue weighted by Crippen LogP contribution is 2.46. The molecular formula is C14H8F3O2S2+. The highest BCUT2D eigenvalue weighted by Gasteiger charge is 2.50. The monoisotopic (exact) mass is 329 g/mol. The van der Waals surface area contributed by atoms with Crippen molar-refractivity contribution in [3.8, 4) is 0 Å². The van der Waals surface area contributed by atoms with E-state index < -0.39 is 23.3 Å². The van der Waals surface area contributed by atoms with E-state index in [1.54, 1.807) is 48.5 Å². The minimum atomic E-state index is -5.00. The first-order valence-electron chi connectivity index (χ1n) is 5.86. The lowest BCUT2D eigenvalue weighted by Gasteiger charge is -2.16. The van der Waals surface area contributed by atoms with Gasteiger partial charge >= 0.3 is 12.1 Å². The maximum absolute atomic E-state index is 12.5. The van der Waals surface area contributed by atoms with Crippen LogP contribution in [0.15, 0.2) is 68.1 Å². The number of rotatable bonds is 1. The molecule has 0 N–H and O–H groups in total. The highest BCUT2D eigenvalue weighted by molar-refractivity contribution is 8.02. The summed E-state index contributed by atoms with van der Waals surface area (Å²) in [6.45, 7) is 0. The van der Waals surface area contributed by atoms with Crippen molar-refractivity contribution in [2.75, 3.05) is 0 Å². The predicted octanol–water partition coefficient (Wildman–Crippen LogP) is 4.21. The lowest BCUT2D eigenvalue weighted by molar-refractivity contribution is -0.188. The number of hydrogen-bond acceptors (Lipinski definition) is 3. The maximum atomic E-state index is 12.5. The summed E-state index contributed by atoms with van der Waals surface area (Å²) in [6.07, 6.45) is -5.00. The van der Waals surface area contributed by atoms with Crippen LogP contribution >= 0.6 is 11.8 Å². The molecule has 0 atom stereocenters. The van der Waals surface area contributed by atoms with Crippen LogP contribution in [0.1, 0.15) is 0 Å². The van der Waals surface area contributed by atoms with Gasteiger partial charge in [0.05, 0.1) is 9.79 Å². The lowest BCUT2D eigenvalue weighted by atomic mass is 10.3. The number of carbonyl (C=O) groups excluding carboxylic acids is 1. The molecule has 0 aliphatic carbocycles. The predicted molar refractivity (Wildman–Crippen MR) is 73.1 cm³/mol. The molecule has 0 aromatic heterocycles. The Morgan fingerprint density at radius 2 is 1.43 bits per heavy atom. The Labute approximate surface area is 125 Å². The molecular weight excluding hydrogens is 321 g/mol. The third kappa shape index (κ3) is 2.75. The molecule has 1 aliphatic rings. The molecule has 0 amide bonds. The van der Waals surface area contributed by atoms with Crippen molar-refractivity contribution in [3.05, 3.63) is 48.5 Å². The molecule has 2 nitrogen and oxygen atoms in total. The second-order valence-corrected chi connectivity index (χ2v) is 6.80. The van der Waals surface area contributed by atoms with Gasteiger partial charge in [-0.15, -0.1) is 0 Å². The van der Waals surface area contributed by atoms with Crippen LogP contribution in [-0.4, -0.2) is 12.1 Å². The van der Waals surface area contributed by atoms with E-state index in [9.17, 15) is 18.0 Å². The van der Waals surface area contributed by atoms with Gasteiger partial charge in [0.25, 0.3) is 11.2 Å². The Balaban J connectivity index is 2.05. The third-order valence-electron chi connectivity index (χ3n) is 2.71. The molecule has 0 unspecified atom stereocenters. The van der Waals surface area contributed by atoms with Crippen molar-refractivity contribution < 1.29 is 22.1 Å². The fraction of sp³-hybridized carbons (Fsp3) is 0.0714. The van der Waals surface area contributed by atoms with E-state index in [0.717, 1.165) is 9.79 Å². The fourth-order valence-corrected chi connectivity index (χ4v) is 4.96. The van der Waals surface area contributed by atoms with Crippen molar-refractivity contribution in [1.82, 2.24) is 0 Å². The summed E-state index contributed by atoms with van der Waals surface area (Å²) in [5.74, 6) is -2.16. The zero-order chi connectivity index (χ0) is 15.0. The number of alkyl halides is 3. The quantitative estimate of drug-likeness (QED) is 0.733. The summed E-state index contributed by atoms with van der Waals surface area (Å²) in [5.41, 5.74) is 0. The highest BCUT2D eigenvalue weighted by atomic mass is 32.2. The average molecular weight is 329 g/mol. The van der Waals surface area contributed by atoms with E-state index >= 15 is 0 Å². The van der Waals surface area contributed by atoms with Gasteiger partial charge in [-0.25, -0.2) is 8.98 Å². The van der Waals surface area contributed by atoms with Gasteiger partial charge in [-0.2, -0.15) is 13.2 Å². The molecule has 3 rings (SSSR count). The SMILES string of the molecule is O=C(O[S+]1c2ccccc2Sc2ccccc21)C(F)(F)F. The molecule has 1 aliphatic heterocycles. The van der Waals surface area contributed by atoms with E-state index in [-0.39, 0.29) is 0 Å². The van der Waals surface area contributed by atoms with Crippen LogP contribution < -0.4 is 0 Å². The first-order chi connectivity index (χ1) is 9.97. The molecule has 0 fully saturated rings. The van der Waals surface area contributed by atoms with Gasteiger partial charge in [0.2, 0.25) is 9.79 Å². The molecule has 0 saturated heterocycles. The fourth-order valence-electron chi connectivity index (χ4n) is 1.82. The first kappa shape index (κ1) is 14.3. The van der Waals surface area contributed by atoms with Crippen molar-refractivity contribution in [3.63, 3.8) is 0 Å². The molecule has 0 radical (unpaired) electrons. The molecule has 0 saturated carbocycles. The Morgan fingerprint density at radius 1 is 0.952 bits per heavy atom. The van der Waals surface area contributed by atoms with Crippen LogP contribution in [0.5, 0.6) is 0 Å². The summed E-state index contributed by atoms with van der Waals surface area (Å²) in [5, 5.41) is 0. The zero-order valence-electron chi connectivity index (χ0n) is 10.4. The summed E-state index contributed by atoms with van der Waals surface area (Å²) >= 11 is 0.0938. The molecule has 7 heteroatoms. The van der Waals surface area contributed by atoms with E-state index in [1.807, 2.05) is 0 Å². The standard InChI is InChI=1S/C14H8F3O2S2/c15-14(16,17)13(18)19-21-11-7-3-1-5-9(11)20-10-6-2-4-8-12(10)21/h1-8H/q+1. The van der Waals surface area contributed by atoms with Crippen LogP contribution in [0.2, 0.25) is 0 Å². The molecule has 2 aromatic carbocycles. The smallest absolute Gasteiger partial charge is 0.235 e. The van der Waals surface area contributed by atoms with E-state index in [4.69, 9.17) is 4.18 Å². The first-order valence-corrected chi connectivity index (χ1v) is 7.83. The van der Waals surface area contributed by atoms with Crippen molar-refractivity contribution >= 4 is 28.9 Å². The van der Waals surface area contributed by atoms with Crippen LogP contribution in [0.25, 0.3) is 0 Å². The van der Waals surface area contributed by atoms with Gasteiger partial charge in [0.1, 0.15) is 0 Å². The van der Waals surface area contributed by atoms with Gasteiger partial charge in [0, 0.05) is 0 Å². The van der Waals surface area contributed by atoms with Crippen molar-refractivity contribution in [2.45, 2.75) is 25.8 Å². The molecule has 21 heavy (non-hydrogen) atoms. The number of halogens is 3. The minimum Gasteiger partial charge on any atom is -0.235 e. The molecule has 1 heterocycles. The second kappa shape index (κ2) is 5.31. The number of benzene rings is 2. The van der Waals surface area contributed by atoms with Gasteiger partial charge < -0.3 is 0 Å². The Kier molecular flexibility index (Phi) is 3.62. The lowest BCUT2D eigenvalue weighted by Crippen LogP contribution is -2.29. The summed E-state index contributed by atoms with van der Waals surface area (Å²) in [4.78, 5) is 14.0.